The first-order chi connectivity index (χ1) is 11.0. The van der Waals surface area contributed by atoms with Crippen LogP contribution in [0.4, 0.5) is 0 Å². The number of nitrogens with zero attached hydrogens (tertiary/aromatic N) is 3. The number of likely N-dealkylation sites (tertiary alicyclic amines) is 1. The fourth-order valence-electron chi connectivity index (χ4n) is 3.99. The van der Waals surface area contributed by atoms with Crippen molar-refractivity contribution >= 4 is 5.96 Å². The van der Waals surface area contributed by atoms with E-state index in [4.69, 9.17) is 4.74 Å². The van der Waals surface area contributed by atoms with E-state index in [1.807, 2.05) is 7.05 Å². The third kappa shape index (κ3) is 4.83. The van der Waals surface area contributed by atoms with Crippen LogP contribution < -0.4 is 5.32 Å². The SMILES string of the molecule is CN=C(NCCCN(C(C)C)C(C)C)N1CCC2(CCOC2)C1. The molecule has 2 rings (SSSR count). The third-order valence-electron chi connectivity index (χ3n) is 5.34. The molecule has 1 atom stereocenters. The van der Waals surface area contributed by atoms with Gasteiger partial charge in [-0.3, -0.25) is 9.89 Å². The highest BCUT2D eigenvalue weighted by Gasteiger charge is 2.42. The fraction of sp³-hybridized carbons (Fsp3) is 0.944. The molecule has 2 saturated heterocycles. The lowest BCUT2D eigenvalue weighted by Crippen LogP contribution is -2.43. The van der Waals surface area contributed by atoms with Crippen molar-refractivity contribution in [3.63, 3.8) is 0 Å². The van der Waals surface area contributed by atoms with Gasteiger partial charge in [0, 0.05) is 57.3 Å². The second-order valence-electron chi connectivity index (χ2n) is 7.73. The molecular weight excluding hydrogens is 288 g/mol. The second kappa shape index (κ2) is 8.34. The van der Waals surface area contributed by atoms with E-state index in [1.165, 1.54) is 12.8 Å². The Balaban J connectivity index is 1.74. The minimum atomic E-state index is 0.393. The summed E-state index contributed by atoms with van der Waals surface area (Å²) in [5.41, 5.74) is 0.393. The molecule has 0 aromatic carbocycles. The summed E-state index contributed by atoms with van der Waals surface area (Å²) < 4.78 is 5.62. The number of ether oxygens (including phenoxy) is 1. The largest absolute Gasteiger partial charge is 0.381 e. The minimum absolute atomic E-state index is 0.393. The standard InChI is InChI=1S/C18H36N4O/c1-15(2)22(16(3)4)10-6-9-20-17(19-5)21-11-7-18(13-21)8-12-23-14-18/h15-16H,6-14H2,1-5H3,(H,19,20). The maximum absolute atomic E-state index is 5.62. The molecule has 2 aliphatic heterocycles. The number of hydrogen-bond donors (Lipinski definition) is 1. The normalized spacial score (nSPS) is 25.6. The maximum atomic E-state index is 5.62. The van der Waals surface area contributed by atoms with Crippen molar-refractivity contribution in [2.24, 2.45) is 10.4 Å². The Hall–Kier alpha value is -0.810. The van der Waals surface area contributed by atoms with Gasteiger partial charge in [0.05, 0.1) is 6.61 Å². The van der Waals surface area contributed by atoms with Gasteiger partial charge in [-0.25, -0.2) is 0 Å². The number of hydrogen-bond acceptors (Lipinski definition) is 3. The van der Waals surface area contributed by atoms with Crippen LogP contribution in [0.2, 0.25) is 0 Å². The number of rotatable bonds is 6. The van der Waals surface area contributed by atoms with E-state index in [0.29, 0.717) is 17.5 Å². The van der Waals surface area contributed by atoms with E-state index in [9.17, 15) is 0 Å². The summed E-state index contributed by atoms with van der Waals surface area (Å²) in [5, 5.41) is 3.56. The molecule has 1 unspecified atom stereocenters. The van der Waals surface area contributed by atoms with Gasteiger partial charge in [-0.2, -0.15) is 0 Å². The second-order valence-corrected chi connectivity index (χ2v) is 7.73. The van der Waals surface area contributed by atoms with Crippen LogP contribution in [0.1, 0.15) is 47.0 Å². The topological polar surface area (TPSA) is 40.1 Å². The van der Waals surface area contributed by atoms with Crippen LogP contribution in [0.15, 0.2) is 4.99 Å². The van der Waals surface area contributed by atoms with Crippen LogP contribution in [0.3, 0.4) is 0 Å². The molecule has 2 aliphatic rings. The summed E-state index contributed by atoms with van der Waals surface area (Å²) in [6.07, 6.45) is 3.60. The molecule has 1 spiro atoms. The van der Waals surface area contributed by atoms with E-state index in [-0.39, 0.29) is 0 Å². The average Bonchev–Trinajstić information content (AvgIpc) is 3.13. The maximum Gasteiger partial charge on any atom is 0.193 e. The lowest BCUT2D eigenvalue weighted by molar-refractivity contribution is 0.156. The molecule has 0 saturated carbocycles. The molecule has 0 radical (unpaired) electrons. The summed E-state index contributed by atoms with van der Waals surface area (Å²) >= 11 is 0. The van der Waals surface area contributed by atoms with E-state index in [2.05, 4.69) is 47.8 Å². The molecule has 0 aromatic rings. The predicted molar refractivity (Wildman–Crippen MR) is 97.0 cm³/mol. The van der Waals surface area contributed by atoms with Gasteiger partial charge < -0.3 is 15.0 Å². The van der Waals surface area contributed by atoms with Gasteiger partial charge in [0.25, 0.3) is 0 Å². The first-order valence-corrected chi connectivity index (χ1v) is 9.26. The molecule has 2 fully saturated rings. The van der Waals surface area contributed by atoms with Crippen LogP contribution in [0.5, 0.6) is 0 Å². The quantitative estimate of drug-likeness (QED) is 0.462. The molecule has 0 amide bonds. The van der Waals surface area contributed by atoms with E-state index >= 15 is 0 Å². The third-order valence-corrected chi connectivity index (χ3v) is 5.34. The molecule has 0 bridgehead atoms. The van der Waals surface area contributed by atoms with Crippen molar-refractivity contribution in [1.29, 1.82) is 0 Å². The molecule has 5 nitrogen and oxygen atoms in total. The van der Waals surface area contributed by atoms with Crippen molar-refractivity contribution in [3.8, 4) is 0 Å². The van der Waals surface area contributed by atoms with Gasteiger partial charge >= 0.3 is 0 Å². The molecule has 5 heteroatoms. The summed E-state index contributed by atoms with van der Waals surface area (Å²) in [4.78, 5) is 9.45. The van der Waals surface area contributed by atoms with Crippen molar-refractivity contribution in [2.75, 3.05) is 46.4 Å². The zero-order valence-electron chi connectivity index (χ0n) is 15.8. The Bertz CT molecular complexity index is 380. The number of nitrogens with one attached hydrogen (secondary N) is 1. The lowest BCUT2D eigenvalue weighted by Gasteiger charge is -2.31. The van der Waals surface area contributed by atoms with E-state index < -0.39 is 0 Å². The summed E-state index contributed by atoms with van der Waals surface area (Å²) in [5.74, 6) is 1.06. The molecular formula is C18H36N4O. The summed E-state index contributed by atoms with van der Waals surface area (Å²) in [6.45, 7) is 15.3. The van der Waals surface area contributed by atoms with Crippen molar-refractivity contribution in [1.82, 2.24) is 15.1 Å². The highest BCUT2D eigenvalue weighted by atomic mass is 16.5. The van der Waals surface area contributed by atoms with Gasteiger partial charge in [0.15, 0.2) is 5.96 Å². The Morgan fingerprint density at radius 3 is 2.57 bits per heavy atom. The first kappa shape index (κ1) is 18.5. The molecule has 1 N–H and O–H groups in total. The highest BCUT2D eigenvalue weighted by Crippen LogP contribution is 2.38. The van der Waals surface area contributed by atoms with Crippen molar-refractivity contribution in [3.05, 3.63) is 0 Å². The minimum Gasteiger partial charge on any atom is -0.381 e. The Morgan fingerprint density at radius 2 is 2.00 bits per heavy atom. The summed E-state index contributed by atoms with van der Waals surface area (Å²) in [6, 6.07) is 1.21. The summed E-state index contributed by atoms with van der Waals surface area (Å²) in [7, 11) is 1.90. The predicted octanol–water partition coefficient (Wildman–Crippen LogP) is 2.18. The molecule has 0 aromatic heterocycles. The monoisotopic (exact) mass is 324 g/mol. The van der Waals surface area contributed by atoms with Crippen LogP contribution >= 0.6 is 0 Å². The highest BCUT2D eigenvalue weighted by molar-refractivity contribution is 5.80. The Labute approximate surface area is 142 Å². The fourth-order valence-corrected chi connectivity index (χ4v) is 3.99. The molecule has 23 heavy (non-hydrogen) atoms. The lowest BCUT2D eigenvalue weighted by atomic mass is 9.87. The smallest absolute Gasteiger partial charge is 0.193 e. The van der Waals surface area contributed by atoms with Crippen molar-refractivity contribution in [2.45, 2.75) is 59.0 Å². The van der Waals surface area contributed by atoms with Gasteiger partial charge in [-0.05, 0) is 47.0 Å². The first-order valence-electron chi connectivity index (χ1n) is 9.26. The van der Waals surface area contributed by atoms with Gasteiger partial charge in [0.1, 0.15) is 0 Å². The molecule has 2 heterocycles. The average molecular weight is 325 g/mol. The number of aliphatic imine (C=N–C) groups is 1. The van der Waals surface area contributed by atoms with Gasteiger partial charge in [-0.15, -0.1) is 0 Å². The van der Waals surface area contributed by atoms with E-state index in [1.54, 1.807) is 0 Å². The van der Waals surface area contributed by atoms with Gasteiger partial charge in [0.2, 0.25) is 0 Å². The van der Waals surface area contributed by atoms with Crippen molar-refractivity contribution < 1.29 is 4.74 Å². The van der Waals surface area contributed by atoms with Crippen LogP contribution in [-0.4, -0.2) is 74.3 Å². The van der Waals surface area contributed by atoms with E-state index in [0.717, 1.165) is 51.8 Å². The Morgan fingerprint density at radius 1 is 1.26 bits per heavy atom. The zero-order chi connectivity index (χ0) is 16.9. The Kier molecular flexibility index (Phi) is 6.72. The number of guanidine groups is 1. The molecule has 134 valence electrons. The zero-order valence-corrected chi connectivity index (χ0v) is 15.8. The van der Waals surface area contributed by atoms with Crippen LogP contribution in [-0.2, 0) is 4.74 Å². The van der Waals surface area contributed by atoms with Crippen LogP contribution in [0.25, 0.3) is 0 Å². The van der Waals surface area contributed by atoms with Crippen LogP contribution in [0, 0.1) is 5.41 Å². The van der Waals surface area contributed by atoms with Gasteiger partial charge in [-0.1, -0.05) is 0 Å². The molecule has 0 aliphatic carbocycles.